The molecule has 3 saturated carbocycles. The quantitative estimate of drug-likeness (QED) is 0.592. The third-order valence-corrected chi connectivity index (χ3v) is 8.47. The van der Waals surface area contributed by atoms with Crippen LogP contribution < -0.4 is 0 Å². The summed E-state index contributed by atoms with van der Waals surface area (Å²) in [7, 11) is 0. The Balaban J connectivity index is 1.86. The van der Waals surface area contributed by atoms with Crippen LogP contribution in [0.1, 0.15) is 39.5 Å². The van der Waals surface area contributed by atoms with Crippen LogP contribution in [0, 0.1) is 22.7 Å². The van der Waals surface area contributed by atoms with Crippen molar-refractivity contribution in [3.8, 4) is 0 Å². The highest BCUT2D eigenvalue weighted by Gasteiger charge is 2.74. The Morgan fingerprint density at radius 3 is 2.63 bits per heavy atom. The summed E-state index contributed by atoms with van der Waals surface area (Å²) in [5.74, 6) is -1.71. The van der Waals surface area contributed by atoms with Crippen LogP contribution in [0.15, 0.2) is 23.8 Å². The van der Waals surface area contributed by atoms with Gasteiger partial charge in [0.05, 0.1) is 6.10 Å². The van der Waals surface area contributed by atoms with Crippen molar-refractivity contribution < 1.29 is 28.9 Å². The van der Waals surface area contributed by atoms with E-state index >= 15 is 8.78 Å². The van der Waals surface area contributed by atoms with Gasteiger partial charge in [0.2, 0.25) is 0 Å². The molecular weight excluding hydrogens is 374 g/mol. The van der Waals surface area contributed by atoms with Crippen LogP contribution in [0.2, 0.25) is 0 Å². The Kier molecular flexibility index (Phi) is 3.87. The second kappa shape index (κ2) is 5.45. The van der Waals surface area contributed by atoms with Gasteiger partial charge in [0.25, 0.3) is 0 Å². The molecule has 0 aromatic rings. The molecular formula is C20H24F2O4S. The van der Waals surface area contributed by atoms with Gasteiger partial charge in [-0.1, -0.05) is 13.0 Å². The highest BCUT2D eigenvalue weighted by atomic mass is 32.1. The number of carbonyl (C=O) groups is 1. The van der Waals surface area contributed by atoms with E-state index in [0.29, 0.717) is 6.42 Å². The number of ketones is 1. The van der Waals surface area contributed by atoms with Gasteiger partial charge in [0, 0.05) is 16.7 Å². The first kappa shape index (κ1) is 19.2. The maximum atomic E-state index is 16.7. The molecule has 3 fully saturated rings. The maximum Gasteiger partial charge on any atom is 0.189 e. The first-order valence-electron chi connectivity index (χ1n) is 9.34. The number of carbonyl (C=O) groups excluding carboxylic acids is 1. The second-order valence-corrected chi connectivity index (χ2v) is 9.45. The smallest absolute Gasteiger partial charge is 0.189 e. The molecule has 0 amide bonds. The Morgan fingerprint density at radius 2 is 2.00 bits per heavy atom. The molecule has 148 valence electrons. The topological polar surface area (TPSA) is 77.8 Å². The van der Waals surface area contributed by atoms with E-state index < -0.39 is 51.3 Å². The summed E-state index contributed by atoms with van der Waals surface area (Å²) in [6.45, 7) is 3.22. The lowest BCUT2D eigenvalue weighted by molar-refractivity contribution is -0.214. The fourth-order valence-electron chi connectivity index (χ4n) is 6.56. The Labute approximate surface area is 162 Å². The van der Waals surface area contributed by atoms with Crippen molar-refractivity contribution in [3.63, 3.8) is 0 Å². The third kappa shape index (κ3) is 2.03. The number of halogens is 2. The zero-order chi connectivity index (χ0) is 20.0. The number of fused-ring (bicyclic) bond motifs is 5. The number of rotatable bonds is 1. The maximum absolute atomic E-state index is 16.7. The number of aliphatic hydroxyl groups is 3. The summed E-state index contributed by atoms with van der Waals surface area (Å²) in [5, 5.41) is 31.4. The van der Waals surface area contributed by atoms with Gasteiger partial charge in [-0.15, -0.1) is 0 Å². The summed E-state index contributed by atoms with van der Waals surface area (Å²) in [6.07, 6.45) is 0.990. The van der Waals surface area contributed by atoms with Crippen molar-refractivity contribution in [2.24, 2.45) is 22.7 Å². The molecule has 7 heteroatoms. The Hall–Kier alpha value is -1.18. The largest absolute Gasteiger partial charge is 0.500 e. The van der Waals surface area contributed by atoms with E-state index in [0.717, 1.165) is 6.08 Å². The van der Waals surface area contributed by atoms with Crippen molar-refractivity contribution in [2.45, 2.75) is 63.1 Å². The van der Waals surface area contributed by atoms with E-state index in [1.165, 1.54) is 19.1 Å². The van der Waals surface area contributed by atoms with Gasteiger partial charge in [-0.25, -0.2) is 8.78 Å². The SMILES string of the molecule is CC12C=CC(=O)C=C1C(F)CC1C3CCC(O)(C(O)=S)C3(C)CC(O)C12F. The molecule has 0 saturated heterocycles. The van der Waals surface area contributed by atoms with E-state index in [9.17, 15) is 20.1 Å². The van der Waals surface area contributed by atoms with Crippen LogP contribution in [-0.4, -0.2) is 49.7 Å². The Morgan fingerprint density at radius 1 is 1.33 bits per heavy atom. The third-order valence-electron chi connectivity index (χ3n) is 8.13. The van der Waals surface area contributed by atoms with Crippen LogP contribution >= 0.6 is 12.2 Å². The van der Waals surface area contributed by atoms with E-state index in [-0.39, 0.29) is 30.6 Å². The van der Waals surface area contributed by atoms with Gasteiger partial charge >= 0.3 is 0 Å². The van der Waals surface area contributed by atoms with Gasteiger partial charge < -0.3 is 15.3 Å². The van der Waals surface area contributed by atoms with E-state index in [1.54, 1.807) is 6.92 Å². The highest BCUT2D eigenvalue weighted by Crippen LogP contribution is 2.69. The van der Waals surface area contributed by atoms with E-state index in [4.69, 9.17) is 12.2 Å². The van der Waals surface area contributed by atoms with Crippen molar-refractivity contribution in [3.05, 3.63) is 23.8 Å². The summed E-state index contributed by atoms with van der Waals surface area (Å²) < 4.78 is 31.8. The molecule has 8 unspecified atom stereocenters. The monoisotopic (exact) mass is 398 g/mol. The Bertz CT molecular complexity index is 797. The molecule has 27 heavy (non-hydrogen) atoms. The van der Waals surface area contributed by atoms with Gasteiger partial charge in [-0.05, 0) is 68.5 Å². The minimum atomic E-state index is -2.18. The van der Waals surface area contributed by atoms with Crippen LogP contribution in [0.3, 0.4) is 0 Å². The molecule has 0 aromatic heterocycles. The van der Waals surface area contributed by atoms with Crippen molar-refractivity contribution in [1.29, 1.82) is 0 Å². The molecule has 4 aliphatic rings. The molecule has 0 spiro atoms. The lowest BCUT2D eigenvalue weighted by Crippen LogP contribution is -2.70. The summed E-state index contributed by atoms with van der Waals surface area (Å²) in [5.41, 5.74) is -6.31. The number of hydrogen-bond donors (Lipinski definition) is 3. The predicted molar refractivity (Wildman–Crippen MR) is 98.8 cm³/mol. The van der Waals surface area contributed by atoms with E-state index in [1.807, 2.05) is 0 Å². The number of thiocarbonyl (C=S) groups is 1. The second-order valence-electron chi connectivity index (χ2n) is 9.06. The number of allylic oxidation sites excluding steroid dienone is 4. The average Bonchev–Trinajstić information content (AvgIpc) is 2.85. The first-order chi connectivity index (χ1) is 12.4. The van der Waals surface area contributed by atoms with Crippen molar-refractivity contribution in [1.82, 2.24) is 0 Å². The lowest BCUT2D eigenvalue weighted by atomic mass is 9.44. The fraction of sp³-hybridized carbons (Fsp3) is 0.700. The number of alkyl halides is 2. The minimum Gasteiger partial charge on any atom is -0.500 e. The van der Waals surface area contributed by atoms with Gasteiger partial charge in [0.15, 0.2) is 16.5 Å². The average molecular weight is 398 g/mol. The van der Waals surface area contributed by atoms with Gasteiger partial charge in [-0.2, -0.15) is 0 Å². The zero-order valence-corrected chi connectivity index (χ0v) is 16.1. The summed E-state index contributed by atoms with van der Waals surface area (Å²) in [6, 6.07) is 0. The molecule has 4 nitrogen and oxygen atoms in total. The molecule has 4 aliphatic carbocycles. The van der Waals surface area contributed by atoms with Crippen LogP contribution in [0.4, 0.5) is 8.78 Å². The molecule has 0 bridgehead atoms. The van der Waals surface area contributed by atoms with Crippen LogP contribution in [0.5, 0.6) is 0 Å². The first-order valence-corrected chi connectivity index (χ1v) is 9.75. The minimum absolute atomic E-state index is 0.0716. The van der Waals surface area contributed by atoms with E-state index in [2.05, 4.69) is 0 Å². The van der Waals surface area contributed by atoms with Crippen LogP contribution in [0.25, 0.3) is 0 Å². The molecule has 0 aromatic carbocycles. The van der Waals surface area contributed by atoms with Crippen molar-refractivity contribution >= 4 is 23.1 Å². The highest BCUT2D eigenvalue weighted by molar-refractivity contribution is 7.80. The summed E-state index contributed by atoms with van der Waals surface area (Å²) in [4.78, 5) is 11.8. The standard InChI is InChI=1S/C20H24F2O4S/c1-17-5-3-10(23)7-13(17)14(21)8-12-11-4-6-19(26,16(25)27)18(11,2)9-15(24)20(12,17)22/h3,5,7,11-12,14-15,24,26H,4,6,8-9H2,1-2H3,(H,25,27). The lowest BCUT2D eigenvalue weighted by Gasteiger charge is -2.63. The predicted octanol–water partition coefficient (Wildman–Crippen LogP) is 2.92. The fourth-order valence-corrected chi connectivity index (χ4v) is 6.90. The molecule has 0 radical (unpaired) electrons. The van der Waals surface area contributed by atoms with Gasteiger partial charge in [-0.3, -0.25) is 4.79 Å². The molecule has 0 heterocycles. The normalized spacial score (nSPS) is 54.0. The molecule has 3 N–H and O–H groups in total. The number of hydrogen-bond acceptors (Lipinski definition) is 4. The molecule has 8 atom stereocenters. The van der Waals surface area contributed by atoms with Gasteiger partial charge in [0.1, 0.15) is 11.8 Å². The number of aliphatic hydroxyl groups excluding tert-OH is 2. The van der Waals surface area contributed by atoms with Crippen LogP contribution in [-0.2, 0) is 4.79 Å². The summed E-state index contributed by atoms with van der Waals surface area (Å²) >= 11 is 4.87. The molecule has 0 aliphatic heterocycles. The zero-order valence-electron chi connectivity index (χ0n) is 15.3. The molecule has 4 rings (SSSR count). The van der Waals surface area contributed by atoms with Crippen molar-refractivity contribution in [2.75, 3.05) is 0 Å².